The molecule has 7 amide bonds. The number of hydrogen-bond donors (Lipinski definition) is 5. The zero-order chi connectivity index (χ0) is 42.2. The normalized spacial score (nSPS) is 12.2. The van der Waals surface area contributed by atoms with Gasteiger partial charge in [-0.25, -0.2) is 4.79 Å². The minimum absolute atomic E-state index is 0. The van der Waals surface area contributed by atoms with Gasteiger partial charge in [0.15, 0.2) is 0 Å². The fourth-order valence-electron chi connectivity index (χ4n) is 3.35. The number of carbonyl (C=O) groups excluding carboxylic acids is 8. The van der Waals surface area contributed by atoms with Crippen molar-refractivity contribution in [3.05, 3.63) is 12.7 Å². The lowest BCUT2D eigenvalue weighted by Gasteiger charge is -2.12. The molecule has 0 aliphatic carbocycles. The number of rotatable bonds is 17. The molecule has 19 heteroatoms. The fraction of sp³-hybridized carbons (Fsp3) is 0.658. The number of imide groups is 2. The number of carboxylic acid groups (broad SMARTS) is 1. The van der Waals surface area contributed by atoms with E-state index in [0.29, 0.717) is 40.9 Å². The lowest BCUT2D eigenvalue weighted by atomic mass is 10.3. The maximum absolute atomic E-state index is 11.5. The third kappa shape index (κ3) is 41.1. The van der Waals surface area contributed by atoms with E-state index in [4.69, 9.17) is 16.5 Å². The lowest BCUT2D eigenvalue weighted by Crippen LogP contribution is -2.32. The summed E-state index contributed by atoms with van der Waals surface area (Å²) in [7, 11) is 0. The average molecular weight is 858 g/mol. The lowest BCUT2D eigenvalue weighted by molar-refractivity contribution is -0.197. The van der Waals surface area contributed by atoms with Gasteiger partial charge in [0, 0.05) is 81.1 Å². The zero-order valence-corrected chi connectivity index (χ0v) is 32.9. The van der Waals surface area contributed by atoms with Gasteiger partial charge in [0.2, 0.25) is 17.7 Å². The van der Waals surface area contributed by atoms with Gasteiger partial charge in [-0.1, -0.05) is 36.3 Å². The first-order chi connectivity index (χ1) is 25.2. The highest BCUT2D eigenvalue weighted by Crippen LogP contribution is 2.14. The van der Waals surface area contributed by atoms with Crippen LogP contribution in [0.2, 0.25) is 0 Å². The standard InChI is InChI=1S/C13H20N2O5S.C9H17NO3S.C6H11NO.C4H5NO3.C2H2.4CH4.H2/c1-9(2)14-10(16)5-7-21-8-6-13(19)20-15-11(17)3-4-12(15)18;1-7(2)10-8(11)3-5-14-6-4-9(12)13;1-4-6(8)7-5(2)3;6-3-1-2-4(7)5(3)8;1-2;;;;;/h9H,3-8H2,1-2H3,(H,14,16);7H,3-6H2,1-2H3,(H,10,11)(H,12,13);4-5H,1H2,2-3H3,(H,7,8);8H,1-2H2;1-2H;4*1H4;1H/i;;;;1D;;;;;1+1. The summed E-state index contributed by atoms with van der Waals surface area (Å²) in [5.74, 6) is -1.13. The van der Waals surface area contributed by atoms with Crippen molar-refractivity contribution in [2.75, 3.05) is 23.0 Å². The van der Waals surface area contributed by atoms with Gasteiger partial charge in [-0.15, -0.1) is 17.9 Å². The van der Waals surface area contributed by atoms with Crippen molar-refractivity contribution >= 4 is 76.8 Å². The van der Waals surface area contributed by atoms with Crippen LogP contribution in [0.3, 0.4) is 0 Å². The summed E-state index contributed by atoms with van der Waals surface area (Å²) in [6.07, 6.45) is 8.61. The number of thioether (sulfide) groups is 2. The summed E-state index contributed by atoms with van der Waals surface area (Å²) in [5.41, 5.74) is 0. The first-order valence-corrected chi connectivity index (χ1v) is 18.9. The van der Waals surface area contributed by atoms with E-state index in [9.17, 15) is 43.2 Å². The van der Waals surface area contributed by atoms with E-state index in [1.54, 1.807) is 0 Å². The Morgan fingerprint density at radius 1 is 0.737 bits per heavy atom. The molecule has 2 saturated heterocycles. The van der Waals surface area contributed by atoms with Gasteiger partial charge in [-0.05, 0) is 47.6 Å². The molecule has 0 aromatic rings. The minimum Gasteiger partial charge on any atom is -0.481 e. The summed E-state index contributed by atoms with van der Waals surface area (Å²) in [6, 6.07) is 0.500. The molecule has 0 aromatic carbocycles. The SMILES string of the molecule is C.C.C.C.C=CC(=O)NC(C)C.CC(C)NC(=O)CCSCCC(=O)O.CC(C)NC(=O)CCSCCC(=O)ON1C(=O)CCC1=O.O=C1CCC(=O)N1O.[2HH].[2H]C#C. The van der Waals surface area contributed by atoms with Gasteiger partial charge in [0.25, 0.3) is 23.6 Å². The summed E-state index contributed by atoms with van der Waals surface area (Å²) >= 11 is 2.94. The van der Waals surface area contributed by atoms with Crippen LogP contribution in [0, 0.1) is 12.8 Å². The largest absolute Gasteiger partial charge is 0.481 e. The molecular weight excluding hydrogens is 783 g/mol. The van der Waals surface area contributed by atoms with Gasteiger partial charge in [-0.2, -0.15) is 28.6 Å². The maximum atomic E-state index is 11.5. The molecule has 0 aromatic heterocycles. The van der Waals surface area contributed by atoms with Crippen LogP contribution in [0.25, 0.3) is 0 Å². The quantitative estimate of drug-likeness (QED) is 0.0425. The van der Waals surface area contributed by atoms with Crippen LogP contribution >= 0.6 is 23.5 Å². The van der Waals surface area contributed by atoms with Crippen LogP contribution in [0.5, 0.6) is 0 Å². The molecule has 2 rings (SSSR count). The Balaban J connectivity index is -0.0000000996. The topological polar surface area (TPSA) is 246 Å². The maximum Gasteiger partial charge on any atom is 0.334 e. The predicted molar refractivity (Wildman–Crippen MR) is 230 cm³/mol. The molecule has 2 aliphatic heterocycles. The fourth-order valence-corrected chi connectivity index (χ4v) is 5.05. The van der Waals surface area contributed by atoms with Crippen LogP contribution in [0.1, 0.15) is 125 Å². The van der Waals surface area contributed by atoms with Gasteiger partial charge in [-0.3, -0.25) is 43.6 Å². The number of terminal acetylenes is 1. The molecule has 2 aliphatic rings. The van der Waals surface area contributed by atoms with Gasteiger partial charge in [0.1, 0.15) is 1.37 Å². The molecule has 0 atom stereocenters. The molecule has 2 heterocycles. The number of amides is 7. The number of aliphatic carboxylic acids is 1. The van der Waals surface area contributed by atoms with Crippen molar-refractivity contribution in [2.45, 2.75) is 141 Å². The number of nitrogens with one attached hydrogen (secondary N) is 3. The molecule has 57 heavy (non-hydrogen) atoms. The van der Waals surface area contributed by atoms with E-state index in [-0.39, 0.29) is 111 Å². The van der Waals surface area contributed by atoms with Crippen LogP contribution < -0.4 is 16.0 Å². The van der Waals surface area contributed by atoms with Crippen molar-refractivity contribution in [1.82, 2.24) is 26.1 Å². The minimum atomic E-state index is -0.788. The van der Waals surface area contributed by atoms with E-state index < -0.39 is 35.6 Å². The van der Waals surface area contributed by atoms with Crippen LogP contribution in [0.15, 0.2) is 12.7 Å². The molecule has 0 unspecified atom stereocenters. The second-order valence-electron chi connectivity index (χ2n) is 11.6. The van der Waals surface area contributed by atoms with Gasteiger partial charge < -0.3 is 25.9 Å². The number of carbonyl (C=O) groups is 9. The Hall–Kier alpha value is -4.41. The highest BCUT2D eigenvalue weighted by molar-refractivity contribution is 7.99. The molecule has 2 fully saturated rings. The molecule has 0 bridgehead atoms. The Kier molecular flexibility index (Phi) is 46.6. The second kappa shape index (κ2) is 41.2. The summed E-state index contributed by atoms with van der Waals surface area (Å²) in [4.78, 5) is 102. The van der Waals surface area contributed by atoms with E-state index in [0.717, 1.165) is 0 Å². The first kappa shape index (κ1) is 64.5. The molecule has 5 N–H and O–H groups in total. The van der Waals surface area contributed by atoms with E-state index >= 15 is 0 Å². The van der Waals surface area contributed by atoms with E-state index in [1.807, 2.05) is 41.5 Å². The van der Waals surface area contributed by atoms with E-state index in [2.05, 4.69) is 29.0 Å². The molecule has 334 valence electrons. The van der Waals surface area contributed by atoms with Crippen molar-refractivity contribution in [3.63, 3.8) is 0 Å². The van der Waals surface area contributed by atoms with Crippen molar-refractivity contribution in [3.8, 4) is 12.8 Å². The average Bonchev–Trinajstić information content (AvgIpc) is 3.54. The summed E-state index contributed by atoms with van der Waals surface area (Å²) in [6.45, 7) is 14.7. The Morgan fingerprint density at radius 2 is 1.07 bits per heavy atom. The van der Waals surface area contributed by atoms with Crippen molar-refractivity contribution in [2.24, 2.45) is 0 Å². The smallest absolute Gasteiger partial charge is 0.334 e. The number of hydrogen-bond acceptors (Lipinski definition) is 13. The first-order valence-electron chi connectivity index (χ1n) is 17.1. The third-order valence-corrected chi connectivity index (χ3v) is 7.57. The number of carboxylic acids is 1. The Bertz CT molecular complexity index is 1270. The molecule has 0 spiro atoms. The summed E-state index contributed by atoms with van der Waals surface area (Å²) < 4.78 is 5.74. The van der Waals surface area contributed by atoms with Crippen LogP contribution in [-0.2, 0) is 48.0 Å². The highest BCUT2D eigenvalue weighted by atomic mass is 32.2. The zero-order valence-electron chi connectivity index (χ0n) is 32.3. The Labute approximate surface area is 352 Å². The second-order valence-corrected chi connectivity index (χ2v) is 14.0. The molecular formula is C38H73N5O12S2. The molecule has 0 radical (unpaired) electrons. The Morgan fingerprint density at radius 3 is 1.35 bits per heavy atom. The molecule has 17 nitrogen and oxygen atoms in total. The van der Waals surface area contributed by atoms with Crippen LogP contribution in [0.4, 0.5) is 0 Å². The third-order valence-electron chi connectivity index (χ3n) is 5.60. The van der Waals surface area contributed by atoms with Gasteiger partial charge >= 0.3 is 11.9 Å². The summed E-state index contributed by atoms with van der Waals surface area (Å²) in [5, 5.41) is 25.6. The van der Waals surface area contributed by atoms with Crippen LogP contribution in [-0.4, -0.2) is 115 Å². The number of hydroxylamine groups is 4. The predicted octanol–water partition coefficient (Wildman–Crippen LogP) is 5.00. The van der Waals surface area contributed by atoms with Crippen molar-refractivity contribution in [1.29, 1.82) is 0 Å². The number of nitrogens with zero attached hydrogens (tertiary/aromatic N) is 2. The van der Waals surface area contributed by atoms with Crippen molar-refractivity contribution < 1.29 is 61.1 Å². The molecule has 0 saturated carbocycles. The van der Waals surface area contributed by atoms with Gasteiger partial charge in [0.05, 0.1) is 12.8 Å². The highest BCUT2D eigenvalue weighted by Gasteiger charge is 2.32. The monoisotopic (exact) mass is 857 g/mol. The van der Waals surface area contributed by atoms with E-state index in [1.165, 1.54) is 36.0 Å².